The minimum atomic E-state index is 0.752. The molecule has 2 heterocycles. The number of nitrogens with zero attached hydrogens (tertiary/aromatic N) is 2. The molecule has 0 amide bonds. The Morgan fingerprint density at radius 3 is 1.97 bits per heavy atom. The molecule has 0 atom stereocenters. The first-order valence-corrected chi connectivity index (χ1v) is 12.5. The zero-order valence-electron chi connectivity index (χ0n) is 18.8. The second kappa shape index (κ2) is 8.15. The predicted octanol–water partition coefficient (Wildman–Crippen LogP) is 9.00. The number of benzene rings is 5. The van der Waals surface area contributed by atoms with Crippen LogP contribution in [0.1, 0.15) is 0 Å². The van der Waals surface area contributed by atoms with Crippen LogP contribution in [0.4, 0.5) is 0 Å². The van der Waals surface area contributed by atoms with Gasteiger partial charge in [-0.15, -0.1) is 11.3 Å². The van der Waals surface area contributed by atoms with E-state index in [0.717, 1.165) is 38.4 Å². The first-order valence-electron chi connectivity index (χ1n) is 11.7. The lowest BCUT2D eigenvalue weighted by Crippen LogP contribution is -1.93. The number of fused-ring (bicyclic) bond motifs is 5. The molecule has 0 bridgehead atoms. The Kier molecular flexibility index (Phi) is 4.68. The van der Waals surface area contributed by atoms with Crippen molar-refractivity contribution in [2.24, 2.45) is 0 Å². The van der Waals surface area contributed by atoms with Gasteiger partial charge in [0.05, 0.1) is 15.9 Å². The number of hydrogen-bond donors (Lipinski definition) is 0. The summed E-state index contributed by atoms with van der Waals surface area (Å²) in [4.78, 5) is 10.3. The quantitative estimate of drug-likeness (QED) is 0.261. The van der Waals surface area contributed by atoms with Crippen LogP contribution in [-0.4, -0.2) is 9.97 Å². The van der Waals surface area contributed by atoms with Crippen LogP contribution >= 0.6 is 11.3 Å². The summed E-state index contributed by atoms with van der Waals surface area (Å²) in [6, 6.07) is 42.4. The van der Waals surface area contributed by atoms with Gasteiger partial charge in [0.2, 0.25) is 0 Å². The summed E-state index contributed by atoms with van der Waals surface area (Å²) in [5.74, 6) is 0.752. The van der Waals surface area contributed by atoms with Crippen molar-refractivity contribution in [3.05, 3.63) is 121 Å². The standard InChI is InChI=1S/C32H20N2S/c1-3-10-21(11-4-1)24-15-9-16-25(20-24)32-33-28(23-13-5-2-6-14-23)31-29(34-32)27-19-18-22-12-7-8-17-26(22)30(27)35-31/h1-20H. The maximum absolute atomic E-state index is 5.16. The molecule has 2 aromatic heterocycles. The SMILES string of the molecule is c1ccc(-c2cccc(-c3nc(-c4ccccc4)c4sc5c6ccccc6ccc5c4n3)c2)cc1. The molecule has 0 saturated heterocycles. The highest BCUT2D eigenvalue weighted by Gasteiger charge is 2.18. The van der Waals surface area contributed by atoms with Crippen molar-refractivity contribution in [2.75, 3.05) is 0 Å². The van der Waals surface area contributed by atoms with Gasteiger partial charge in [0.15, 0.2) is 5.82 Å². The lowest BCUT2D eigenvalue weighted by Gasteiger charge is -2.08. The summed E-state index contributed by atoms with van der Waals surface area (Å²) in [5, 5.41) is 3.69. The highest BCUT2D eigenvalue weighted by atomic mass is 32.1. The summed E-state index contributed by atoms with van der Waals surface area (Å²) < 4.78 is 2.39. The number of rotatable bonds is 3. The Balaban J connectivity index is 1.53. The van der Waals surface area contributed by atoms with Crippen molar-refractivity contribution in [1.29, 1.82) is 0 Å². The summed E-state index contributed by atoms with van der Waals surface area (Å²) in [6.07, 6.45) is 0. The lowest BCUT2D eigenvalue weighted by molar-refractivity contribution is 1.24. The Morgan fingerprint density at radius 1 is 0.457 bits per heavy atom. The van der Waals surface area contributed by atoms with Crippen molar-refractivity contribution in [2.45, 2.75) is 0 Å². The first kappa shape index (κ1) is 20.1. The average molecular weight is 465 g/mol. The van der Waals surface area contributed by atoms with E-state index in [1.54, 1.807) is 11.3 Å². The van der Waals surface area contributed by atoms with Crippen LogP contribution < -0.4 is 0 Å². The van der Waals surface area contributed by atoms with Gasteiger partial charge < -0.3 is 0 Å². The van der Waals surface area contributed by atoms with Crippen molar-refractivity contribution in [3.8, 4) is 33.8 Å². The van der Waals surface area contributed by atoms with Crippen LogP contribution in [0.25, 0.3) is 64.8 Å². The van der Waals surface area contributed by atoms with Crippen LogP contribution in [0.15, 0.2) is 121 Å². The average Bonchev–Trinajstić information content (AvgIpc) is 3.33. The molecule has 164 valence electrons. The van der Waals surface area contributed by atoms with Crippen LogP contribution in [-0.2, 0) is 0 Å². The highest BCUT2D eigenvalue weighted by molar-refractivity contribution is 7.27. The van der Waals surface area contributed by atoms with Crippen molar-refractivity contribution in [1.82, 2.24) is 9.97 Å². The van der Waals surface area contributed by atoms with E-state index in [4.69, 9.17) is 9.97 Å². The van der Waals surface area contributed by atoms with Gasteiger partial charge >= 0.3 is 0 Å². The van der Waals surface area contributed by atoms with Gasteiger partial charge in [0.1, 0.15) is 0 Å². The molecule has 0 aliphatic heterocycles. The molecule has 0 spiro atoms. The van der Waals surface area contributed by atoms with Crippen LogP contribution in [0.3, 0.4) is 0 Å². The number of thiophene rings is 1. The molecule has 0 N–H and O–H groups in total. The molecule has 0 unspecified atom stereocenters. The molecule has 0 radical (unpaired) electrons. The fraction of sp³-hybridized carbons (Fsp3) is 0. The van der Waals surface area contributed by atoms with Gasteiger partial charge in [-0.25, -0.2) is 9.97 Å². The van der Waals surface area contributed by atoms with E-state index < -0.39 is 0 Å². The van der Waals surface area contributed by atoms with Crippen LogP contribution in [0, 0.1) is 0 Å². The monoisotopic (exact) mass is 464 g/mol. The van der Waals surface area contributed by atoms with Gasteiger partial charge in [-0.05, 0) is 28.0 Å². The van der Waals surface area contributed by atoms with Crippen molar-refractivity contribution >= 4 is 42.4 Å². The normalized spacial score (nSPS) is 11.4. The largest absolute Gasteiger partial charge is 0.226 e. The Morgan fingerprint density at radius 2 is 1.14 bits per heavy atom. The van der Waals surface area contributed by atoms with E-state index in [1.807, 2.05) is 12.1 Å². The second-order valence-corrected chi connectivity index (χ2v) is 9.67. The Bertz CT molecular complexity index is 1840. The molecule has 7 rings (SSSR count). The maximum Gasteiger partial charge on any atom is 0.160 e. The molecular formula is C32H20N2S. The van der Waals surface area contributed by atoms with Gasteiger partial charge in [-0.1, -0.05) is 115 Å². The molecule has 3 heteroatoms. The molecule has 0 fully saturated rings. The van der Waals surface area contributed by atoms with E-state index >= 15 is 0 Å². The van der Waals surface area contributed by atoms with Crippen LogP contribution in [0.2, 0.25) is 0 Å². The van der Waals surface area contributed by atoms with E-state index in [2.05, 4.69) is 109 Å². The smallest absolute Gasteiger partial charge is 0.160 e. The van der Waals surface area contributed by atoms with Crippen molar-refractivity contribution < 1.29 is 0 Å². The fourth-order valence-corrected chi connectivity index (χ4v) is 6.05. The Labute approximate surface area is 207 Å². The number of hydrogen-bond acceptors (Lipinski definition) is 3. The summed E-state index contributed by atoms with van der Waals surface area (Å²) >= 11 is 1.79. The van der Waals surface area contributed by atoms with Gasteiger partial charge in [0, 0.05) is 21.2 Å². The molecule has 0 aliphatic carbocycles. The van der Waals surface area contributed by atoms with Gasteiger partial charge in [-0.2, -0.15) is 0 Å². The van der Waals surface area contributed by atoms with Gasteiger partial charge in [-0.3, -0.25) is 0 Å². The maximum atomic E-state index is 5.16. The van der Waals surface area contributed by atoms with E-state index in [1.165, 1.54) is 26.4 Å². The van der Waals surface area contributed by atoms with Gasteiger partial charge in [0.25, 0.3) is 0 Å². The molecule has 7 aromatic rings. The van der Waals surface area contributed by atoms with E-state index in [9.17, 15) is 0 Å². The molecule has 5 aromatic carbocycles. The third kappa shape index (κ3) is 3.40. The predicted molar refractivity (Wildman–Crippen MR) is 149 cm³/mol. The third-order valence-electron chi connectivity index (χ3n) is 6.48. The molecular weight excluding hydrogens is 444 g/mol. The number of aromatic nitrogens is 2. The van der Waals surface area contributed by atoms with E-state index in [-0.39, 0.29) is 0 Å². The van der Waals surface area contributed by atoms with Crippen LogP contribution in [0.5, 0.6) is 0 Å². The minimum absolute atomic E-state index is 0.752. The van der Waals surface area contributed by atoms with Crippen molar-refractivity contribution in [3.63, 3.8) is 0 Å². The highest BCUT2D eigenvalue weighted by Crippen LogP contribution is 2.42. The first-order chi connectivity index (χ1) is 17.3. The summed E-state index contributed by atoms with van der Waals surface area (Å²) in [7, 11) is 0. The summed E-state index contributed by atoms with van der Waals surface area (Å²) in [6.45, 7) is 0. The molecule has 35 heavy (non-hydrogen) atoms. The molecule has 0 aliphatic rings. The minimum Gasteiger partial charge on any atom is -0.226 e. The summed E-state index contributed by atoms with van der Waals surface area (Å²) in [5.41, 5.74) is 6.48. The third-order valence-corrected chi connectivity index (χ3v) is 7.71. The lowest BCUT2D eigenvalue weighted by atomic mass is 10.0. The van der Waals surface area contributed by atoms with E-state index in [0.29, 0.717) is 0 Å². The zero-order chi connectivity index (χ0) is 23.2. The second-order valence-electron chi connectivity index (χ2n) is 8.65. The fourth-order valence-electron chi connectivity index (χ4n) is 4.76. The molecule has 2 nitrogen and oxygen atoms in total. The zero-order valence-corrected chi connectivity index (χ0v) is 19.7. The molecule has 0 saturated carbocycles. The Hall–Kier alpha value is -4.34. The topological polar surface area (TPSA) is 25.8 Å².